The van der Waals surface area contributed by atoms with Crippen LogP contribution in [0.15, 0.2) is 29.3 Å². The molecule has 0 spiro atoms. The van der Waals surface area contributed by atoms with Gasteiger partial charge in [-0.15, -0.1) is 0 Å². The van der Waals surface area contributed by atoms with Crippen LogP contribution in [0.3, 0.4) is 0 Å². The monoisotopic (exact) mass is 309 g/mol. The molecule has 0 aromatic heterocycles. The van der Waals surface area contributed by atoms with Gasteiger partial charge in [0, 0.05) is 17.8 Å². The molecule has 1 unspecified atom stereocenters. The second kappa shape index (κ2) is 7.69. The van der Waals surface area contributed by atoms with Gasteiger partial charge in [-0.1, -0.05) is 12.1 Å². The number of hydrogen-bond acceptors (Lipinski definition) is 2. The van der Waals surface area contributed by atoms with E-state index in [1.807, 2.05) is 11.8 Å². The molecular formula is C16H24FN3S. The third kappa shape index (κ3) is 5.23. The van der Waals surface area contributed by atoms with Crippen molar-refractivity contribution in [3.05, 3.63) is 35.6 Å². The number of nitrogens with zero attached hydrogens (tertiary/aromatic N) is 1. The standard InChI is InChI=1S/C16H24FN3S/c1-3-18-15(20-12-16(2)9-4-10-21-16)19-11-13-5-7-14(17)8-6-13/h5-8H,3-4,9-12H2,1-2H3,(H2,18,19,20). The Morgan fingerprint density at radius 2 is 2.10 bits per heavy atom. The molecule has 0 bridgehead atoms. The highest BCUT2D eigenvalue weighted by molar-refractivity contribution is 8.00. The lowest BCUT2D eigenvalue weighted by Crippen LogP contribution is -2.43. The molecule has 116 valence electrons. The van der Waals surface area contributed by atoms with Gasteiger partial charge in [0.2, 0.25) is 0 Å². The average Bonchev–Trinajstić information content (AvgIpc) is 2.91. The van der Waals surface area contributed by atoms with Crippen LogP contribution in [0.2, 0.25) is 0 Å². The highest BCUT2D eigenvalue weighted by Gasteiger charge is 2.29. The predicted molar refractivity (Wildman–Crippen MR) is 89.3 cm³/mol. The molecule has 0 amide bonds. The molecule has 0 radical (unpaired) electrons. The maximum absolute atomic E-state index is 12.9. The van der Waals surface area contributed by atoms with Crippen LogP contribution in [-0.2, 0) is 6.54 Å². The SMILES string of the molecule is CCNC(=NCc1ccc(F)cc1)NCC1(C)CCCS1. The van der Waals surface area contributed by atoms with Crippen LogP contribution in [-0.4, -0.2) is 29.5 Å². The van der Waals surface area contributed by atoms with E-state index < -0.39 is 0 Å². The van der Waals surface area contributed by atoms with E-state index in [1.165, 1.54) is 30.7 Å². The van der Waals surface area contributed by atoms with Gasteiger partial charge in [-0.25, -0.2) is 9.38 Å². The van der Waals surface area contributed by atoms with Crippen LogP contribution in [0.4, 0.5) is 4.39 Å². The zero-order valence-corrected chi connectivity index (χ0v) is 13.6. The summed E-state index contributed by atoms with van der Waals surface area (Å²) < 4.78 is 13.2. The molecule has 1 aromatic carbocycles. The molecule has 1 atom stereocenters. The molecule has 1 aliphatic heterocycles. The fourth-order valence-corrected chi connectivity index (χ4v) is 3.59. The summed E-state index contributed by atoms with van der Waals surface area (Å²) in [6, 6.07) is 6.50. The number of guanidine groups is 1. The van der Waals surface area contributed by atoms with Gasteiger partial charge in [0.1, 0.15) is 5.82 Å². The van der Waals surface area contributed by atoms with Gasteiger partial charge in [-0.2, -0.15) is 11.8 Å². The minimum Gasteiger partial charge on any atom is -0.357 e. The number of hydrogen-bond donors (Lipinski definition) is 2. The van der Waals surface area contributed by atoms with Gasteiger partial charge in [-0.3, -0.25) is 0 Å². The second-order valence-corrected chi connectivity index (χ2v) is 7.26. The Labute approximate surface area is 130 Å². The maximum Gasteiger partial charge on any atom is 0.191 e. The van der Waals surface area contributed by atoms with Crippen molar-refractivity contribution in [1.82, 2.24) is 10.6 Å². The highest BCUT2D eigenvalue weighted by Crippen LogP contribution is 2.36. The van der Waals surface area contributed by atoms with Gasteiger partial charge in [0.25, 0.3) is 0 Å². The van der Waals surface area contributed by atoms with Crippen molar-refractivity contribution >= 4 is 17.7 Å². The van der Waals surface area contributed by atoms with Crippen molar-refractivity contribution in [2.24, 2.45) is 4.99 Å². The largest absolute Gasteiger partial charge is 0.357 e. The molecule has 1 aromatic rings. The van der Waals surface area contributed by atoms with E-state index in [-0.39, 0.29) is 5.82 Å². The minimum atomic E-state index is -0.209. The van der Waals surface area contributed by atoms with Crippen LogP contribution in [0, 0.1) is 5.82 Å². The molecule has 0 saturated carbocycles. The van der Waals surface area contributed by atoms with E-state index in [0.29, 0.717) is 11.3 Å². The van der Waals surface area contributed by atoms with Gasteiger partial charge in [0.15, 0.2) is 5.96 Å². The van der Waals surface area contributed by atoms with E-state index in [1.54, 1.807) is 12.1 Å². The number of nitrogens with one attached hydrogen (secondary N) is 2. The molecule has 1 aliphatic rings. The summed E-state index contributed by atoms with van der Waals surface area (Å²) in [5, 5.41) is 6.69. The second-order valence-electron chi connectivity index (χ2n) is 5.58. The van der Waals surface area contributed by atoms with Crippen LogP contribution in [0.1, 0.15) is 32.3 Å². The first-order valence-electron chi connectivity index (χ1n) is 7.52. The van der Waals surface area contributed by atoms with Gasteiger partial charge >= 0.3 is 0 Å². The minimum absolute atomic E-state index is 0.209. The maximum atomic E-state index is 12.9. The number of rotatable bonds is 5. The Kier molecular flexibility index (Phi) is 5.91. The molecule has 2 rings (SSSR count). The number of thioether (sulfide) groups is 1. The van der Waals surface area contributed by atoms with Crippen LogP contribution >= 0.6 is 11.8 Å². The molecule has 1 heterocycles. The zero-order valence-electron chi connectivity index (χ0n) is 12.8. The Bertz CT molecular complexity index is 467. The molecule has 2 N–H and O–H groups in total. The molecule has 5 heteroatoms. The summed E-state index contributed by atoms with van der Waals surface area (Å²) in [5.41, 5.74) is 1.01. The lowest BCUT2D eigenvalue weighted by molar-refractivity contribution is 0.584. The normalized spacial score (nSPS) is 22.3. The fourth-order valence-electron chi connectivity index (χ4n) is 2.35. The van der Waals surface area contributed by atoms with Crippen molar-refractivity contribution in [3.63, 3.8) is 0 Å². The van der Waals surface area contributed by atoms with Crippen molar-refractivity contribution in [1.29, 1.82) is 0 Å². The molecular weight excluding hydrogens is 285 g/mol. The summed E-state index contributed by atoms with van der Waals surface area (Å²) in [5.74, 6) is 1.87. The number of halogens is 1. The fraction of sp³-hybridized carbons (Fsp3) is 0.562. The Hall–Kier alpha value is -1.23. The van der Waals surface area contributed by atoms with Crippen molar-refractivity contribution in [3.8, 4) is 0 Å². The quantitative estimate of drug-likeness (QED) is 0.648. The van der Waals surface area contributed by atoms with E-state index in [9.17, 15) is 4.39 Å². The van der Waals surface area contributed by atoms with Crippen LogP contribution in [0.25, 0.3) is 0 Å². The molecule has 1 fully saturated rings. The lowest BCUT2D eigenvalue weighted by Gasteiger charge is -2.24. The summed E-state index contributed by atoms with van der Waals surface area (Å²) in [4.78, 5) is 4.57. The Morgan fingerprint density at radius 1 is 1.33 bits per heavy atom. The van der Waals surface area contributed by atoms with Crippen molar-refractivity contribution in [2.45, 2.75) is 38.0 Å². The van der Waals surface area contributed by atoms with Gasteiger partial charge < -0.3 is 10.6 Å². The molecule has 1 saturated heterocycles. The van der Waals surface area contributed by atoms with Crippen molar-refractivity contribution < 1.29 is 4.39 Å². The van der Waals surface area contributed by atoms with Gasteiger partial charge in [0.05, 0.1) is 6.54 Å². The molecule has 0 aliphatic carbocycles. The van der Waals surface area contributed by atoms with Crippen LogP contribution in [0.5, 0.6) is 0 Å². The molecule has 3 nitrogen and oxygen atoms in total. The highest BCUT2D eigenvalue weighted by atomic mass is 32.2. The average molecular weight is 309 g/mol. The van der Waals surface area contributed by atoms with E-state index in [2.05, 4.69) is 29.5 Å². The summed E-state index contributed by atoms with van der Waals surface area (Å²) in [6.45, 7) is 6.67. The third-order valence-corrected chi connectivity index (χ3v) is 5.15. The Balaban J connectivity index is 1.90. The summed E-state index contributed by atoms with van der Waals surface area (Å²) in [6.07, 6.45) is 2.55. The van der Waals surface area contributed by atoms with E-state index in [4.69, 9.17) is 0 Å². The van der Waals surface area contributed by atoms with E-state index >= 15 is 0 Å². The number of aliphatic imine (C=N–C) groups is 1. The molecule has 21 heavy (non-hydrogen) atoms. The number of benzene rings is 1. The third-order valence-electron chi connectivity index (χ3n) is 3.61. The van der Waals surface area contributed by atoms with E-state index in [0.717, 1.165) is 24.6 Å². The topological polar surface area (TPSA) is 36.4 Å². The summed E-state index contributed by atoms with van der Waals surface area (Å²) >= 11 is 2.03. The summed E-state index contributed by atoms with van der Waals surface area (Å²) in [7, 11) is 0. The first-order valence-corrected chi connectivity index (χ1v) is 8.50. The van der Waals surface area contributed by atoms with Gasteiger partial charge in [-0.05, 0) is 50.1 Å². The first kappa shape index (κ1) is 16.1. The first-order chi connectivity index (χ1) is 10.1. The predicted octanol–water partition coefficient (Wildman–Crippen LogP) is 3.17. The van der Waals surface area contributed by atoms with Crippen molar-refractivity contribution in [2.75, 3.05) is 18.8 Å². The van der Waals surface area contributed by atoms with Crippen LogP contribution < -0.4 is 10.6 Å². The zero-order chi connectivity index (χ0) is 15.1. The smallest absolute Gasteiger partial charge is 0.191 e. The lowest BCUT2D eigenvalue weighted by atomic mass is 10.1. The Morgan fingerprint density at radius 3 is 2.71 bits per heavy atom.